The fourth-order valence-corrected chi connectivity index (χ4v) is 3.14. The van der Waals surface area contributed by atoms with Gasteiger partial charge in [0, 0.05) is 18.5 Å². The predicted molar refractivity (Wildman–Crippen MR) is 74.4 cm³/mol. The molecule has 5 heteroatoms. The summed E-state index contributed by atoms with van der Waals surface area (Å²) in [5.41, 5.74) is -0.861. The number of amides is 1. The number of carbonyl (C=O) groups is 1. The van der Waals surface area contributed by atoms with Crippen LogP contribution >= 0.6 is 27.3 Å². The fraction of sp³-hybridized carbons (Fsp3) is 0.583. The van der Waals surface area contributed by atoms with E-state index < -0.39 is 5.60 Å². The van der Waals surface area contributed by atoms with Crippen LogP contribution in [0.1, 0.15) is 31.6 Å². The second-order valence-electron chi connectivity index (χ2n) is 4.87. The van der Waals surface area contributed by atoms with Crippen LogP contribution < -0.4 is 0 Å². The summed E-state index contributed by atoms with van der Waals surface area (Å²) in [6, 6.07) is 3.90. The van der Waals surface area contributed by atoms with E-state index in [0.717, 1.165) is 8.66 Å². The number of hydrogen-bond acceptors (Lipinski definition) is 3. The van der Waals surface area contributed by atoms with E-state index in [0.29, 0.717) is 6.54 Å². The summed E-state index contributed by atoms with van der Waals surface area (Å²) in [4.78, 5) is 14.8. The van der Waals surface area contributed by atoms with E-state index in [1.807, 2.05) is 19.1 Å². The third kappa shape index (κ3) is 4.41. The van der Waals surface area contributed by atoms with Gasteiger partial charge in [-0.05, 0) is 48.8 Å². The van der Waals surface area contributed by atoms with Gasteiger partial charge in [0.2, 0.25) is 5.91 Å². The van der Waals surface area contributed by atoms with Crippen molar-refractivity contribution in [1.82, 2.24) is 4.90 Å². The minimum Gasteiger partial charge on any atom is -0.389 e. The Balaban J connectivity index is 2.70. The predicted octanol–water partition coefficient (Wildman–Crippen LogP) is 2.84. The number of rotatable bonds is 4. The second-order valence-corrected chi connectivity index (χ2v) is 7.36. The van der Waals surface area contributed by atoms with E-state index in [4.69, 9.17) is 0 Å². The van der Waals surface area contributed by atoms with E-state index >= 15 is 0 Å². The van der Waals surface area contributed by atoms with Crippen LogP contribution in [-0.2, 0) is 4.79 Å². The molecule has 0 aliphatic rings. The summed E-state index contributed by atoms with van der Waals surface area (Å²) < 4.78 is 1.03. The number of thiophene rings is 1. The maximum Gasteiger partial charge on any atom is 0.230 e. The first-order chi connectivity index (χ1) is 7.70. The zero-order valence-electron chi connectivity index (χ0n) is 10.5. The highest BCUT2D eigenvalue weighted by molar-refractivity contribution is 9.11. The molecule has 1 aromatic heterocycles. The van der Waals surface area contributed by atoms with E-state index in [-0.39, 0.29) is 11.8 Å². The molecular formula is C12H18BrNO2S. The average Bonchev–Trinajstić information content (AvgIpc) is 2.60. The van der Waals surface area contributed by atoms with Gasteiger partial charge in [0.1, 0.15) is 0 Å². The highest BCUT2D eigenvalue weighted by atomic mass is 79.9. The van der Waals surface area contributed by atoms with E-state index in [2.05, 4.69) is 15.9 Å². The monoisotopic (exact) mass is 319 g/mol. The molecule has 1 N–H and O–H groups in total. The molecule has 0 bridgehead atoms. The van der Waals surface area contributed by atoms with Crippen LogP contribution in [-0.4, -0.2) is 35.1 Å². The lowest BCUT2D eigenvalue weighted by Crippen LogP contribution is -2.41. The number of halogens is 1. The molecule has 0 aliphatic heterocycles. The largest absolute Gasteiger partial charge is 0.389 e. The van der Waals surface area contributed by atoms with Crippen molar-refractivity contribution in [2.45, 2.75) is 32.3 Å². The van der Waals surface area contributed by atoms with Crippen molar-refractivity contribution in [1.29, 1.82) is 0 Å². The van der Waals surface area contributed by atoms with Gasteiger partial charge in [0.25, 0.3) is 0 Å². The number of carbonyl (C=O) groups excluding carboxylic acids is 1. The van der Waals surface area contributed by atoms with Crippen molar-refractivity contribution in [3.8, 4) is 0 Å². The summed E-state index contributed by atoms with van der Waals surface area (Å²) in [7, 11) is 1.72. The molecule has 17 heavy (non-hydrogen) atoms. The smallest absolute Gasteiger partial charge is 0.230 e. The second kappa shape index (κ2) is 5.50. The van der Waals surface area contributed by atoms with Gasteiger partial charge in [0.05, 0.1) is 15.3 Å². The summed E-state index contributed by atoms with van der Waals surface area (Å²) in [6.07, 6.45) is 0. The van der Waals surface area contributed by atoms with Crippen molar-refractivity contribution in [3.05, 3.63) is 20.8 Å². The molecule has 96 valence electrons. The highest BCUT2D eigenvalue weighted by Crippen LogP contribution is 2.29. The van der Waals surface area contributed by atoms with Gasteiger partial charge in [-0.1, -0.05) is 0 Å². The lowest BCUT2D eigenvalue weighted by molar-refractivity contribution is -0.133. The lowest BCUT2D eigenvalue weighted by Gasteiger charge is -2.27. The molecule has 0 saturated carbocycles. The average molecular weight is 320 g/mol. The Hall–Kier alpha value is -0.390. The minimum atomic E-state index is -0.861. The molecule has 0 aliphatic carbocycles. The zero-order chi connectivity index (χ0) is 13.2. The van der Waals surface area contributed by atoms with Crippen molar-refractivity contribution < 1.29 is 9.90 Å². The van der Waals surface area contributed by atoms with E-state index in [9.17, 15) is 9.90 Å². The van der Waals surface area contributed by atoms with Crippen LogP contribution in [0.5, 0.6) is 0 Å². The molecule has 0 spiro atoms. The van der Waals surface area contributed by atoms with Crippen LogP contribution in [0.25, 0.3) is 0 Å². The van der Waals surface area contributed by atoms with Crippen LogP contribution in [0, 0.1) is 0 Å². The van der Waals surface area contributed by atoms with E-state index in [1.165, 1.54) is 0 Å². The first-order valence-electron chi connectivity index (χ1n) is 5.43. The number of aliphatic hydroxyl groups is 1. The quantitative estimate of drug-likeness (QED) is 0.927. The van der Waals surface area contributed by atoms with Crippen LogP contribution in [0.4, 0.5) is 0 Å². The topological polar surface area (TPSA) is 40.5 Å². The van der Waals surface area contributed by atoms with Crippen molar-refractivity contribution >= 4 is 33.2 Å². The van der Waals surface area contributed by atoms with Gasteiger partial charge in [-0.15, -0.1) is 11.3 Å². The Morgan fingerprint density at radius 1 is 1.59 bits per heavy atom. The third-order valence-corrected chi connectivity index (χ3v) is 4.20. The summed E-state index contributed by atoms with van der Waals surface area (Å²) in [5, 5.41) is 9.69. The van der Waals surface area contributed by atoms with Gasteiger partial charge in [-0.25, -0.2) is 0 Å². The first-order valence-corrected chi connectivity index (χ1v) is 7.04. The van der Waals surface area contributed by atoms with Crippen molar-refractivity contribution in [2.24, 2.45) is 0 Å². The van der Waals surface area contributed by atoms with Gasteiger partial charge >= 0.3 is 0 Å². The van der Waals surface area contributed by atoms with E-state index in [1.54, 1.807) is 37.1 Å². The van der Waals surface area contributed by atoms with Crippen molar-refractivity contribution in [3.63, 3.8) is 0 Å². The maximum atomic E-state index is 12.1. The van der Waals surface area contributed by atoms with Gasteiger partial charge in [-0.2, -0.15) is 0 Å². The molecule has 0 radical (unpaired) electrons. The van der Waals surface area contributed by atoms with Crippen LogP contribution in [0.3, 0.4) is 0 Å². The molecule has 1 heterocycles. The number of nitrogens with zero attached hydrogens (tertiary/aromatic N) is 1. The maximum absolute atomic E-state index is 12.1. The number of hydrogen-bond donors (Lipinski definition) is 1. The normalized spacial score (nSPS) is 13.5. The Bertz CT molecular complexity index is 397. The Morgan fingerprint density at radius 2 is 2.18 bits per heavy atom. The molecule has 1 rings (SSSR count). The summed E-state index contributed by atoms with van der Waals surface area (Å²) >= 11 is 4.96. The van der Waals surface area contributed by atoms with Gasteiger partial charge in [-0.3, -0.25) is 4.79 Å². The van der Waals surface area contributed by atoms with Crippen LogP contribution in [0.15, 0.2) is 15.9 Å². The highest BCUT2D eigenvalue weighted by Gasteiger charge is 2.24. The van der Waals surface area contributed by atoms with Gasteiger partial charge < -0.3 is 10.0 Å². The van der Waals surface area contributed by atoms with Crippen molar-refractivity contribution in [2.75, 3.05) is 13.6 Å². The third-order valence-electron chi connectivity index (χ3n) is 2.39. The zero-order valence-corrected chi connectivity index (χ0v) is 12.9. The molecule has 0 saturated heterocycles. The Morgan fingerprint density at radius 3 is 2.59 bits per heavy atom. The molecule has 1 unspecified atom stereocenters. The molecule has 1 amide bonds. The molecule has 1 aromatic rings. The fourth-order valence-electron chi connectivity index (χ4n) is 1.67. The first kappa shape index (κ1) is 14.7. The molecule has 3 nitrogen and oxygen atoms in total. The molecular weight excluding hydrogens is 302 g/mol. The Kier molecular flexibility index (Phi) is 4.75. The lowest BCUT2D eigenvalue weighted by atomic mass is 10.1. The number of likely N-dealkylation sites (N-methyl/N-ethyl adjacent to an activating group) is 1. The van der Waals surface area contributed by atoms with Crippen LogP contribution in [0.2, 0.25) is 0 Å². The molecule has 0 aromatic carbocycles. The summed E-state index contributed by atoms with van der Waals surface area (Å²) in [6.45, 7) is 5.62. The molecule has 0 fully saturated rings. The SMILES string of the molecule is CC(C(=O)N(C)CC(C)(C)O)c1ccc(Br)s1. The van der Waals surface area contributed by atoms with Gasteiger partial charge in [0.15, 0.2) is 0 Å². The Labute approximate surface area is 115 Å². The summed E-state index contributed by atoms with van der Waals surface area (Å²) in [5.74, 6) is -0.139. The minimum absolute atomic E-state index is 0.0291. The standard InChI is InChI=1S/C12H18BrNO2S/c1-8(9-5-6-10(13)17-9)11(15)14(4)7-12(2,3)16/h5-6,8,16H,7H2,1-4H3. The molecule has 1 atom stereocenters.